The van der Waals surface area contributed by atoms with Crippen LogP contribution in [0.2, 0.25) is 0 Å². The molecular weight excluding hydrogens is 330 g/mol. The predicted molar refractivity (Wildman–Crippen MR) is 93.0 cm³/mol. The van der Waals surface area contributed by atoms with Crippen LogP contribution in [0.15, 0.2) is 0 Å². The summed E-state index contributed by atoms with van der Waals surface area (Å²) in [6.07, 6.45) is 3.61. The number of urea groups is 1. The SMILES string of the molecule is O=C(CCCCCCNC(=O)N(CCO)CCO)N(CCO)CCO. The second-order valence-electron chi connectivity index (χ2n) is 5.66. The van der Waals surface area contributed by atoms with E-state index in [0.29, 0.717) is 13.0 Å². The minimum absolute atomic E-state index is 0.0694. The smallest absolute Gasteiger partial charge is 0.317 e. The van der Waals surface area contributed by atoms with E-state index in [1.165, 1.54) is 9.80 Å². The van der Waals surface area contributed by atoms with Crippen molar-refractivity contribution in [1.29, 1.82) is 0 Å². The van der Waals surface area contributed by atoms with Gasteiger partial charge in [-0.05, 0) is 12.8 Å². The number of nitrogens with zero attached hydrogens (tertiary/aromatic N) is 2. The summed E-state index contributed by atoms with van der Waals surface area (Å²) < 4.78 is 0. The van der Waals surface area contributed by atoms with Crippen LogP contribution in [0.1, 0.15) is 32.1 Å². The quantitative estimate of drug-likeness (QED) is 0.231. The molecule has 25 heavy (non-hydrogen) atoms. The molecule has 0 atom stereocenters. The van der Waals surface area contributed by atoms with Crippen LogP contribution in [0.4, 0.5) is 4.79 Å². The second kappa shape index (κ2) is 16.1. The number of hydrogen-bond donors (Lipinski definition) is 5. The lowest BCUT2D eigenvalue weighted by atomic mass is 10.1. The molecule has 0 aromatic carbocycles. The summed E-state index contributed by atoms with van der Waals surface area (Å²) >= 11 is 0. The summed E-state index contributed by atoms with van der Waals surface area (Å²) in [4.78, 5) is 26.5. The lowest BCUT2D eigenvalue weighted by molar-refractivity contribution is -0.132. The second-order valence-corrected chi connectivity index (χ2v) is 5.66. The molecule has 0 aliphatic carbocycles. The van der Waals surface area contributed by atoms with Crippen LogP contribution in [-0.4, -0.2) is 101 Å². The summed E-state index contributed by atoms with van der Waals surface area (Å²) in [5.41, 5.74) is 0. The maximum Gasteiger partial charge on any atom is 0.317 e. The summed E-state index contributed by atoms with van der Waals surface area (Å²) in [7, 11) is 0. The Morgan fingerprint density at radius 1 is 0.680 bits per heavy atom. The molecule has 9 heteroatoms. The normalized spacial score (nSPS) is 10.6. The molecule has 0 aliphatic heterocycles. The van der Waals surface area contributed by atoms with Crippen molar-refractivity contribution in [3.05, 3.63) is 0 Å². The van der Waals surface area contributed by atoms with E-state index in [1.807, 2.05) is 0 Å². The first-order valence-corrected chi connectivity index (χ1v) is 8.84. The van der Waals surface area contributed by atoms with E-state index in [-0.39, 0.29) is 64.5 Å². The fraction of sp³-hybridized carbons (Fsp3) is 0.875. The molecule has 0 heterocycles. The van der Waals surface area contributed by atoms with Gasteiger partial charge in [-0.2, -0.15) is 0 Å². The Morgan fingerprint density at radius 3 is 1.68 bits per heavy atom. The molecule has 0 fully saturated rings. The molecule has 0 radical (unpaired) electrons. The number of unbranched alkanes of at least 4 members (excludes halogenated alkanes) is 3. The number of nitrogens with one attached hydrogen (secondary N) is 1. The molecule has 0 unspecified atom stereocenters. The highest BCUT2D eigenvalue weighted by Crippen LogP contribution is 2.05. The average molecular weight is 363 g/mol. The van der Waals surface area contributed by atoms with Crippen molar-refractivity contribution >= 4 is 11.9 Å². The minimum Gasteiger partial charge on any atom is -0.395 e. The first-order valence-electron chi connectivity index (χ1n) is 8.84. The Morgan fingerprint density at radius 2 is 1.16 bits per heavy atom. The van der Waals surface area contributed by atoms with Gasteiger partial charge in [0.25, 0.3) is 0 Å². The van der Waals surface area contributed by atoms with Crippen LogP contribution in [0.3, 0.4) is 0 Å². The molecule has 9 nitrogen and oxygen atoms in total. The molecule has 0 saturated heterocycles. The third-order valence-corrected chi connectivity index (χ3v) is 3.71. The topological polar surface area (TPSA) is 134 Å². The van der Waals surface area contributed by atoms with Gasteiger partial charge in [-0.25, -0.2) is 4.79 Å². The molecular formula is C16H33N3O6. The Hall–Kier alpha value is -1.42. The largest absolute Gasteiger partial charge is 0.395 e. The van der Waals surface area contributed by atoms with Crippen LogP contribution in [0.5, 0.6) is 0 Å². The van der Waals surface area contributed by atoms with E-state index >= 15 is 0 Å². The molecule has 0 saturated carbocycles. The molecule has 5 N–H and O–H groups in total. The lowest BCUT2D eigenvalue weighted by Gasteiger charge is -2.21. The maximum absolute atomic E-state index is 11.9. The number of amides is 3. The zero-order chi connectivity index (χ0) is 18.9. The van der Waals surface area contributed by atoms with Gasteiger partial charge in [0.15, 0.2) is 0 Å². The van der Waals surface area contributed by atoms with Crippen molar-refractivity contribution in [3.8, 4) is 0 Å². The van der Waals surface area contributed by atoms with Crippen LogP contribution in [-0.2, 0) is 4.79 Å². The van der Waals surface area contributed by atoms with Gasteiger partial charge in [0, 0.05) is 39.1 Å². The number of rotatable bonds is 15. The molecule has 0 rings (SSSR count). The Labute approximate surface area is 149 Å². The lowest BCUT2D eigenvalue weighted by Crippen LogP contribution is -2.43. The van der Waals surface area contributed by atoms with Gasteiger partial charge in [-0.15, -0.1) is 0 Å². The summed E-state index contributed by atoms with van der Waals surface area (Å²) in [6, 6.07) is -0.304. The van der Waals surface area contributed by atoms with E-state index in [0.717, 1.165) is 25.7 Å². The molecule has 0 spiro atoms. The fourth-order valence-corrected chi connectivity index (χ4v) is 2.38. The highest BCUT2D eigenvalue weighted by Gasteiger charge is 2.12. The van der Waals surface area contributed by atoms with Crippen molar-refractivity contribution in [2.75, 3.05) is 59.2 Å². The van der Waals surface area contributed by atoms with E-state index in [2.05, 4.69) is 5.32 Å². The van der Waals surface area contributed by atoms with E-state index in [4.69, 9.17) is 20.4 Å². The van der Waals surface area contributed by atoms with Gasteiger partial charge in [0.2, 0.25) is 5.91 Å². The van der Waals surface area contributed by atoms with Gasteiger partial charge in [0.1, 0.15) is 0 Å². The van der Waals surface area contributed by atoms with E-state index in [9.17, 15) is 9.59 Å². The number of hydrogen-bond acceptors (Lipinski definition) is 6. The number of aliphatic hydroxyl groups is 4. The van der Waals surface area contributed by atoms with Gasteiger partial charge in [-0.1, -0.05) is 12.8 Å². The number of carbonyl (C=O) groups excluding carboxylic acids is 2. The van der Waals surface area contributed by atoms with Crippen LogP contribution < -0.4 is 5.32 Å². The monoisotopic (exact) mass is 363 g/mol. The van der Waals surface area contributed by atoms with Crippen molar-refractivity contribution in [3.63, 3.8) is 0 Å². The summed E-state index contributed by atoms with van der Waals surface area (Å²) in [5.74, 6) is -0.0694. The third kappa shape index (κ3) is 11.7. The predicted octanol–water partition coefficient (Wildman–Crippen LogP) is -1.25. The van der Waals surface area contributed by atoms with Crippen molar-refractivity contribution < 1.29 is 30.0 Å². The molecule has 0 aromatic heterocycles. The fourth-order valence-electron chi connectivity index (χ4n) is 2.38. The maximum atomic E-state index is 11.9. The summed E-state index contributed by atoms with van der Waals surface area (Å²) in [6.45, 7) is 0.827. The number of aliphatic hydroxyl groups excluding tert-OH is 4. The first kappa shape index (κ1) is 23.6. The zero-order valence-corrected chi connectivity index (χ0v) is 14.9. The standard InChI is InChI=1S/C16H33N3O6/c20-11-7-18(8-12-21)15(24)5-3-1-2-4-6-17-16(25)19(9-13-22)10-14-23/h20-23H,1-14H2,(H,17,25). The molecule has 0 aromatic rings. The van der Waals surface area contributed by atoms with Gasteiger partial charge in [0.05, 0.1) is 26.4 Å². The van der Waals surface area contributed by atoms with Gasteiger partial charge >= 0.3 is 6.03 Å². The Bertz CT molecular complexity index is 313. The zero-order valence-electron chi connectivity index (χ0n) is 14.9. The van der Waals surface area contributed by atoms with Crippen LogP contribution in [0, 0.1) is 0 Å². The van der Waals surface area contributed by atoms with Crippen molar-refractivity contribution in [1.82, 2.24) is 15.1 Å². The highest BCUT2D eigenvalue weighted by atomic mass is 16.3. The Balaban J connectivity index is 3.78. The third-order valence-electron chi connectivity index (χ3n) is 3.71. The molecule has 3 amide bonds. The summed E-state index contributed by atoms with van der Waals surface area (Å²) in [5, 5.41) is 38.3. The van der Waals surface area contributed by atoms with Crippen LogP contribution >= 0.6 is 0 Å². The van der Waals surface area contributed by atoms with E-state index in [1.54, 1.807) is 0 Å². The average Bonchev–Trinajstić information content (AvgIpc) is 2.60. The Kier molecular flexibility index (Phi) is 15.2. The molecule has 0 aliphatic rings. The van der Waals surface area contributed by atoms with Crippen molar-refractivity contribution in [2.24, 2.45) is 0 Å². The molecule has 148 valence electrons. The van der Waals surface area contributed by atoms with Gasteiger partial charge < -0.3 is 35.5 Å². The highest BCUT2D eigenvalue weighted by molar-refractivity contribution is 5.76. The minimum atomic E-state index is -0.304. The van der Waals surface area contributed by atoms with Crippen LogP contribution in [0.25, 0.3) is 0 Å². The van der Waals surface area contributed by atoms with E-state index < -0.39 is 0 Å². The molecule has 0 bridgehead atoms. The first-order chi connectivity index (χ1) is 12.1. The van der Waals surface area contributed by atoms with Crippen molar-refractivity contribution in [2.45, 2.75) is 32.1 Å². The van der Waals surface area contributed by atoms with Gasteiger partial charge in [-0.3, -0.25) is 4.79 Å². The number of carbonyl (C=O) groups is 2.